The van der Waals surface area contributed by atoms with E-state index in [4.69, 9.17) is 15.2 Å². The van der Waals surface area contributed by atoms with Crippen LogP contribution in [0.1, 0.15) is 29.5 Å². The Kier molecular flexibility index (Phi) is 4.64. The number of nitrogen functional groups attached to an aromatic ring is 1. The van der Waals surface area contributed by atoms with Crippen molar-refractivity contribution in [1.29, 1.82) is 0 Å². The van der Waals surface area contributed by atoms with Gasteiger partial charge in [0.25, 0.3) is 0 Å². The molecule has 0 saturated heterocycles. The standard InChI is InChI=1S/C19H22BrNO2/c1-13-5-7-16-14(10-13)4-3-9-19(16,22-2)12-23-18-8-6-15(20)11-17(18)21/h5-8,10-11H,3-4,9,12,21H2,1-2H3/t19-/m0/s1. The van der Waals surface area contributed by atoms with Crippen molar-refractivity contribution in [1.82, 2.24) is 0 Å². The summed E-state index contributed by atoms with van der Waals surface area (Å²) < 4.78 is 12.9. The molecular formula is C19H22BrNO2. The van der Waals surface area contributed by atoms with Crippen LogP contribution in [0.3, 0.4) is 0 Å². The predicted molar refractivity (Wildman–Crippen MR) is 96.9 cm³/mol. The van der Waals surface area contributed by atoms with Crippen molar-refractivity contribution >= 4 is 21.6 Å². The highest BCUT2D eigenvalue weighted by atomic mass is 79.9. The van der Waals surface area contributed by atoms with E-state index in [1.54, 1.807) is 7.11 Å². The maximum absolute atomic E-state index is 6.04. The molecule has 0 unspecified atom stereocenters. The van der Waals surface area contributed by atoms with Gasteiger partial charge in [-0.15, -0.1) is 0 Å². The highest BCUT2D eigenvalue weighted by Gasteiger charge is 2.37. The topological polar surface area (TPSA) is 44.5 Å². The summed E-state index contributed by atoms with van der Waals surface area (Å²) in [6, 6.07) is 12.3. The number of anilines is 1. The fraction of sp³-hybridized carbons (Fsp3) is 0.368. The maximum Gasteiger partial charge on any atom is 0.142 e. The molecule has 0 amide bonds. The third-order valence-corrected chi connectivity index (χ3v) is 5.09. The first-order chi connectivity index (χ1) is 11.0. The van der Waals surface area contributed by atoms with Crippen LogP contribution in [0.15, 0.2) is 40.9 Å². The van der Waals surface area contributed by atoms with E-state index in [1.807, 2.05) is 18.2 Å². The van der Waals surface area contributed by atoms with E-state index in [0.29, 0.717) is 18.0 Å². The molecule has 1 aliphatic carbocycles. The molecule has 0 radical (unpaired) electrons. The number of hydrogen-bond acceptors (Lipinski definition) is 3. The molecule has 1 atom stereocenters. The number of hydrogen-bond donors (Lipinski definition) is 1. The Balaban J connectivity index is 1.88. The average Bonchev–Trinajstić information content (AvgIpc) is 2.53. The first-order valence-electron chi connectivity index (χ1n) is 7.87. The van der Waals surface area contributed by atoms with Crippen LogP contribution in [-0.2, 0) is 16.8 Å². The molecule has 0 aromatic heterocycles. The first-order valence-corrected chi connectivity index (χ1v) is 8.66. The lowest BCUT2D eigenvalue weighted by Crippen LogP contribution is -2.39. The molecule has 0 saturated carbocycles. The van der Waals surface area contributed by atoms with Gasteiger partial charge in [0, 0.05) is 11.6 Å². The van der Waals surface area contributed by atoms with Gasteiger partial charge in [-0.3, -0.25) is 0 Å². The predicted octanol–water partition coefficient (Wildman–Crippen LogP) is 4.60. The molecule has 3 rings (SSSR count). The Labute approximate surface area is 145 Å². The highest BCUT2D eigenvalue weighted by molar-refractivity contribution is 9.10. The van der Waals surface area contributed by atoms with Gasteiger partial charge in [-0.25, -0.2) is 0 Å². The SMILES string of the molecule is CO[C@]1(COc2ccc(Br)cc2N)CCCc2cc(C)ccc21. The van der Waals surface area contributed by atoms with E-state index >= 15 is 0 Å². The molecule has 0 spiro atoms. The average molecular weight is 376 g/mol. The molecule has 0 aliphatic heterocycles. The van der Waals surface area contributed by atoms with Gasteiger partial charge in [-0.2, -0.15) is 0 Å². The van der Waals surface area contributed by atoms with E-state index < -0.39 is 5.60 Å². The quantitative estimate of drug-likeness (QED) is 0.794. The number of aryl methyl sites for hydroxylation is 2. The van der Waals surface area contributed by atoms with Crippen molar-refractivity contribution in [2.24, 2.45) is 0 Å². The number of halogens is 1. The summed E-state index contributed by atoms with van der Waals surface area (Å²) in [6.07, 6.45) is 3.15. The van der Waals surface area contributed by atoms with Gasteiger partial charge in [-0.05, 0) is 55.5 Å². The van der Waals surface area contributed by atoms with Gasteiger partial charge in [0.15, 0.2) is 0 Å². The Morgan fingerprint density at radius 1 is 1.22 bits per heavy atom. The highest BCUT2D eigenvalue weighted by Crippen LogP contribution is 2.39. The molecule has 0 fully saturated rings. The van der Waals surface area contributed by atoms with Crippen LogP contribution in [0.4, 0.5) is 5.69 Å². The summed E-state index contributed by atoms with van der Waals surface area (Å²) in [7, 11) is 1.77. The van der Waals surface area contributed by atoms with Crippen LogP contribution in [0, 0.1) is 6.92 Å². The Morgan fingerprint density at radius 2 is 2.04 bits per heavy atom. The van der Waals surface area contributed by atoms with Crippen LogP contribution < -0.4 is 10.5 Å². The van der Waals surface area contributed by atoms with E-state index in [-0.39, 0.29) is 0 Å². The minimum Gasteiger partial charge on any atom is -0.488 e. The van der Waals surface area contributed by atoms with Crippen molar-refractivity contribution in [2.45, 2.75) is 31.8 Å². The molecule has 2 aromatic carbocycles. The zero-order valence-corrected chi connectivity index (χ0v) is 15.2. The van der Waals surface area contributed by atoms with Crippen LogP contribution in [-0.4, -0.2) is 13.7 Å². The minimum absolute atomic E-state index is 0.402. The molecule has 122 valence electrons. The normalized spacial score (nSPS) is 20.1. The summed E-state index contributed by atoms with van der Waals surface area (Å²) in [5.41, 5.74) is 10.2. The number of fused-ring (bicyclic) bond motifs is 1. The number of rotatable bonds is 4. The van der Waals surface area contributed by atoms with Gasteiger partial charge >= 0.3 is 0 Å². The summed E-state index contributed by atoms with van der Waals surface area (Å²) in [5, 5.41) is 0. The number of nitrogens with two attached hydrogens (primary N) is 1. The molecule has 3 nitrogen and oxygen atoms in total. The second-order valence-corrected chi connectivity index (χ2v) is 7.10. The fourth-order valence-corrected chi connectivity index (χ4v) is 3.72. The molecular weight excluding hydrogens is 354 g/mol. The minimum atomic E-state index is -0.402. The number of methoxy groups -OCH3 is 1. The number of ether oxygens (including phenoxy) is 2. The molecule has 4 heteroatoms. The molecule has 0 heterocycles. The second-order valence-electron chi connectivity index (χ2n) is 6.18. The van der Waals surface area contributed by atoms with Gasteiger partial charge in [0.1, 0.15) is 18.0 Å². The van der Waals surface area contributed by atoms with Gasteiger partial charge in [0.2, 0.25) is 0 Å². The van der Waals surface area contributed by atoms with E-state index in [0.717, 1.165) is 23.7 Å². The molecule has 0 bridgehead atoms. The van der Waals surface area contributed by atoms with E-state index in [1.165, 1.54) is 16.7 Å². The first kappa shape index (κ1) is 16.3. The second kappa shape index (κ2) is 6.54. The summed E-state index contributed by atoms with van der Waals surface area (Å²) in [5.74, 6) is 0.698. The van der Waals surface area contributed by atoms with Crippen molar-refractivity contribution in [3.05, 3.63) is 57.6 Å². The Bertz CT molecular complexity index is 717. The Morgan fingerprint density at radius 3 is 2.78 bits per heavy atom. The third kappa shape index (κ3) is 3.24. The van der Waals surface area contributed by atoms with Gasteiger partial charge in [0.05, 0.1) is 5.69 Å². The molecule has 23 heavy (non-hydrogen) atoms. The number of benzene rings is 2. The monoisotopic (exact) mass is 375 g/mol. The van der Waals surface area contributed by atoms with Gasteiger partial charge in [-0.1, -0.05) is 39.7 Å². The van der Waals surface area contributed by atoms with Gasteiger partial charge < -0.3 is 15.2 Å². The molecule has 2 N–H and O–H groups in total. The van der Waals surface area contributed by atoms with Crippen LogP contribution in [0.25, 0.3) is 0 Å². The lowest BCUT2D eigenvalue weighted by atomic mass is 9.79. The third-order valence-electron chi connectivity index (χ3n) is 4.60. The largest absolute Gasteiger partial charge is 0.488 e. The van der Waals surface area contributed by atoms with Crippen molar-refractivity contribution in [2.75, 3.05) is 19.5 Å². The zero-order valence-electron chi connectivity index (χ0n) is 13.6. The fourth-order valence-electron chi connectivity index (χ4n) is 3.34. The van der Waals surface area contributed by atoms with Crippen LogP contribution >= 0.6 is 15.9 Å². The van der Waals surface area contributed by atoms with Crippen molar-refractivity contribution in [3.8, 4) is 5.75 Å². The smallest absolute Gasteiger partial charge is 0.142 e. The maximum atomic E-state index is 6.04. The van der Waals surface area contributed by atoms with E-state index in [2.05, 4.69) is 41.1 Å². The van der Waals surface area contributed by atoms with E-state index in [9.17, 15) is 0 Å². The lowest BCUT2D eigenvalue weighted by Gasteiger charge is -2.38. The summed E-state index contributed by atoms with van der Waals surface area (Å²) in [4.78, 5) is 0. The molecule has 2 aromatic rings. The van der Waals surface area contributed by atoms with Crippen LogP contribution in [0.2, 0.25) is 0 Å². The summed E-state index contributed by atoms with van der Waals surface area (Å²) >= 11 is 3.42. The van der Waals surface area contributed by atoms with Crippen molar-refractivity contribution in [3.63, 3.8) is 0 Å². The van der Waals surface area contributed by atoms with Crippen molar-refractivity contribution < 1.29 is 9.47 Å². The Hall–Kier alpha value is -1.52. The summed E-state index contributed by atoms with van der Waals surface area (Å²) in [6.45, 7) is 2.59. The lowest BCUT2D eigenvalue weighted by molar-refractivity contribution is -0.0615. The molecule has 1 aliphatic rings. The van der Waals surface area contributed by atoms with Crippen LogP contribution in [0.5, 0.6) is 5.75 Å². The zero-order chi connectivity index (χ0) is 16.4.